The van der Waals surface area contributed by atoms with E-state index in [9.17, 15) is 9.59 Å². The van der Waals surface area contributed by atoms with Crippen LogP contribution in [-0.4, -0.2) is 11.1 Å². The van der Waals surface area contributed by atoms with E-state index in [-0.39, 0.29) is 11.1 Å². The molecule has 50 valence electrons. The van der Waals surface area contributed by atoms with E-state index < -0.39 is 0 Å². The summed E-state index contributed by atoms with van der Waals surface area (Å²) in [5.41, 5.74) is -0.209. The van der Waals surface area contributed by atoms with Gasteiger partial charge in [0.05, 0.1) is 0 Å². The molecule has 0 bridgehead atoms. The third-order valence-corrected chi connectivity index (χ3v) is 0.970. The van der Waals surface area contributed by atoms with E-state index in [1.165, 1.54) is 24.5 Å². The van der Waals surface area contributed by atoms with Crippen LogP contribution in [0.25, 0.3) is 0 Å². The second-order valence-electron chi connectivity index (χ2n) is 1.60. The van der Waals surface area contributed by atoms with Crippen LogP contribution in [0.3, 0.4) is 0 Å². The highest BCUT2D eigenvalue weighted by molar-refractivity contribution is 5.46. The summed E-state index contributed by atoms with van der Waals surface area (Å²) >= 11 is 0. The van der Waals surface area contributed by atoms with Gasteiger partial charge in [-0.2, -0.15) is 4.99 Å². The van der Waals surface area contributed by atoms with Crippen LogP contribution in [0.5, 0.6) is 0 Å². The molecule has 1 aromatic rings. The molecule has 0 aliphatic rings. The molecule has 0 saturated heterocycles. The number of nitrogens with zero attached hydrogens (tertiary/aromatic N) is 1. The molecule has 1 N–H and O–H groups in total. The topological polar surface area (TPSA) is 62.3 Å². The SMILES string of the molecule is O=C=Nc1c[nH]ccc1=O. The molecule has 0 unspecified atom stereocenters. The number of hydrogen-bond acceptors (Lipinski definition) is 3. The third-order valence-electron chi connectivity index (χ3n) is 0.970. The Balaban J connectivity index is 3.28. The monoisotopic (exact) mass is 136 g/mol. The number of nitrogens with one attached hydrogen (secondary N) is 1. The zero-order chi connectivity index (χ0) is 7.40. The molecule has 4 heteroatoms. The number of rotatable bonds is 1. The lowest BCUT2D eigenvalue weighted by Gasteiger charge is -1.83. The van der Waals surface area contributed by atoms with Crippen molar-refractivity contribution >= 4 is 11.8 Å². The summed E-state index contributed by atoms with van der Waals surface area (Å²) < 4.78 is 0. The van der Waals surface area contributed by atoms with Gasteiger partial charge in [-0.15, -0.1) is 0 Å². The second kappa shape index (κ2) is 2.75. The van der Waals surface area contributed by atoms with Crippen LogP contribution in [0.1, 0.15) is 0 Å². The largest absolute Gasteiger partial charge is 0.366 e. The molecule has 0 aromatic carbocycles. The van der Waals surface area contributed by atoms with Crippen molar-refractivity contribution in [2.24, 2.45) is 4.99 Å². The second-order valence-corrected chi connectivity index (χ2v) is 1.60. The molecule has 0 amide bonds. The smallest absolute Gasteiger partial charge is 0.240 e. The standard InChI is InChI=1S/C6H4N2O2/c9-4-8-5-3-7-2-1-6(5)10/h1-3H,(H,7,10). The fourth-order valence-corrected chi connectivity index (χ4v) is 0.544. The Morgan fingerprint density at radius 1 is 1.60 bits per heavy atom. The predicted molar refractivity (Wildman–Crippen MR) is 34.8 cm³/mol. The van der Waals surface area contributed by atoms with Gasteiger partial charge in [0, 0.05) is 18.5 Å². The number of aliphatic imine (C=N–C) groups is 1. The molecule has 0 atom stereocenters. The van der Waals surface area contributed by atoms with Gasteiger partial charge in [-0.25, -0.2) is 4.79 Å². The van der Waals surface area contributed by atoms with Crippen molar-refractivity contribution in [1.82, 2.24) is 4.98 Å². The average Bonchev–Trinajstić information content (AvgIpc) is 1.94. The molecular weight excluding hydrogens is 132 g/mol. The first kappa shape index (κ1) is 6.45. The quantitative estimate of drug-likeness (QED) is 0.447. The summed E-state index contributed by atoms with van der Waals surface area (Å²) in [4.78, 5) is 26.2. The van der Waals surface area contributed by atoms with Gasteiger partial charge in [0.1, 0.15) is 5.69 Å². The van der Waals surface area contributed by atoms with E-state index >= 15 is 0 Å². The van der Waals surface area contributed by atoms with Crippen LogP contribution < -0.4 is 5.43 Å². The van der Waals surface area contributed by atoms with Crippen LogP contribution in [0.15, 0.2) is 28.2 Å². The van der Waals surface area contributed by atoms with Crippen molar-refractivity contribution in [3.8, 4) is 0 Å². The average molecular weight is 136 g/mol. The normalized spacial score (nSPS) is 8.40. The van der Waals surface area contributed by atoms with E-state index in [2.05, 4.69) is 9.98 Å². The number of H-pyrrole nitrogens is 1. The van der Waals surface area contributed by atoms with Crippen molar-refractivity contribution in [1.29, 1.82) is 0 Å². The highest BCUT2D eigenvalue weighted by Gasteiger charge is 1.91. The predicted octanol–water partition coefficient (Wildman–Crippen LogP) is 0.342. The van der Waals surface area contributed by atoms with Gasteiger partial charge in [-0.1, -0.05) is 0 Å². The first-order valence-corrected chi connectivity index (χ1v) is 2.59. The Labute approximate surface area is 56.2 Å². The fraction of sp³-hybridized carbons (Fsp3) is 0. The zero-order valence-corrected chi connectivity index (χ0v) is 5.00. The Morgan fingerprint density at radius 2 is 2.40 bits per heavy atom. The molecule has 1 aromatic heterocycles. The fourth-order valence-electron chi connectivity index (χ4n) is 0.544. The van der Waals surface area contributed by atoms with Gasteiger partial charge in [-0.3, -0.25) is 4.79 Å². The Hall–Kier alpha value is -1.67. The third kappa shape index (κ3) is 1.18. The van der Waals surface area contributed by atoms with Gasteiger partial charge in [0.25, 0.3) is 0 Å². The maximum Gasteiger partial charge on any atom is 0.240 e. The van der Waals surface area contributed by atoms with E-state index in [1.54, 1.807) is 0 Å². The first-order chi connectivity index (χ1) is 4.84. The molecule has 0 spiro atoms. The van der Waals surface area contributed by atoms with Crippen LogP contribution in [0.4, 0.5) is 5.69 Å². The summed E-state index contributed by atoms with van der Waals surface area (Å²) in [6, 6.07) is 1.29. The summed E-state index contributed by atoms with van der Waals surface area (Å²) in [5.74, 6) is 0. The first-order valence-electron chi connectivity index (χ1n) is 2.59. The van der Waals surface area contributed by atoms with Crippen LogP contribution in [0.2, 0.25) is 0 Å². The molecule has 0 radical (unpaired) electrons. The van der Waals surface area contributed by atoms with Gasteiger partial charge < -0.3 is 4.98 Å². The van der Waals surface area contributed by atoms with Crippen molar-refractivity contribution in [3.05, 3.63) is 28.7 Å². The van der Waals surface area contributed by atoms with Crippen molar-refractivity contribution in [3.63, 3.8) is 0 Å². The summed E-state index contributed by atoms with van der Waals surface area (Å²) in [6.45, 7) is 0. The van der Waals surface area contributed by atoms with Gasteiger partial charge in [0.2, 0.25) is 11.5 Å². The van der Waals surface area contributed by atoms with E-state index in [0.29, 0.717) is 0 Å². The number of isocyanates is 1. The highest BCUT2D eigenvalue weighted by atomic mass is 16.1. The molecule has 0 aliphatic carbocycles. The zero-order valence-electron chi connectivity index (χ0n) is 5.00. The van der Waals surface area contributed by atoms with E-state index in [4.69, 9.17) is 0 Å². The molecular formula is C6H4N2O2. The molecule has 1 rings (SSSR count). The number of aromatic nitrogens is 1. The summed E-state index contributed by atoms with van der Waals surface area (Å²) in [5, 5.41) is 0. The maximum absolute atomic E-state index is 10.7. The van der Waals surface area contributed by atoms with Crippen molar-refractivity contribution < 1.29 is 4.79 Å². The Kier molecular flexibility index (Phi) is 1.78. The minimum absolute atomic E-state index is 0.0810. The Morgan fingerprint density at radius 3 is 3.00 bits per heavy atom. The van der Waals surface area contributed by atoms with Gasteiger partial charge in [0.15, 0.2) is 0 Å². The number of carbonyl (C=O) groups excluding carboxylic acids is 1. The van der Waals surface area contributed by atoms with Crippen molar-refractivity contribution in [2.75, 3.05) is 0 Å². The lowest BCUT2D eigenvalue weighted by molar-refractivity contribution is 0.565. The molecule has 10 heavy (non-hydrogen) atoms. The number of aromatic amines is 1. The van der Waals surface area contributed by atoms with Gasteiger partial charge >= 0.3 is 0 Å². The Bertz CT molecular complexity index is 323. The van der Waals surface area contributed by atoms with E-state index in [0.717, 1.165) is 0 Å². The number of pyridine rings is 1. The number of hydrogen-bond donors (Lipinski definition) is 1. The molecule has 1 heterocycles. The van der Waals surface area contributed by atoms with Crippen LogP contribution in [-0.2, 0) is 4.79 Å². The van der Waals surface area contributed by atoms with Crippen LogP contribution in [0, 0.1) is 0 Å². The molecule has 0 saturated carbocycles. The molecule has 4 nitrogen and oxygen atoms in total. The van der Waals surface area contributed by atoms with Crippen LogP contribution >= 0.6 is 0 Å². The molecule has 0 aliphatic heterocycles. The molecule has 0 fully saturated rings. The van der Waals surface area contributed by atoms with Crippen molar-refractivity contribution in [2.45, 2.75) is 0 Å². The van der Waals surface area contributed by atoms with Gasteiger partial charge in [-0.05, 0) is 0 Å². The highest BCUT2D eigenvalue weighted by Crippen LogP contribution is 1.96. The summed E-state index contributed by atoms with van der Waals surface area (Å²) in [7, 11) is 0. The lowest BCUT2D eigenvalue weighted by atomic mass is 10.4. The maximum atomic E-state index is 10.7. The minimum atomic E-state index is -0.290. The summed E-state index contributed by atoms with van der Waals surface area (Å²) in [6.07, 6.45) is 4.08. The minimum Gasteiger partial charge on any atom is -0.366 e. The van der Waals surface area contributed by atoms with E-state index in [1.807, 2.05) is 0 Å². The lowest BCUT2D eigenvalue weighted by Crippen LogP contribution is -1.96.